The van der Waals surface area contributed by atoms with Crippen molar-refractivity contribution >= 4 is 34.4 Å². The Balaban J connectivity index is 1.82. The summed E-state index contributed by atoms with van der Waals surface area (Å²) in [6.45, 7) is 0.806. The molecule has 0 radical (unpaired) electrons. The minimum Gasteiger partial charge on any atom is -0.494 e. The van der Waals surface area contributed by atoms with E-state index in [-0.39, 0.29) is 5.69 Å². The number of methoxy groups -OCH3 is 1. The highest BCUT2D eigenvalue weighted by Crippen LogP contribution is 2.31. The monoisotopic (exact) mass is 329 g/mol. The van der Waals surface area contributed by atoms with Gasteiger partial charge in [-0.25, -0.2) is 0 Å². The van der Waals surface area contributed by atoms with E-state index in [0.29, 0.717) is 16.5 Å². The number of fused-ring (bicyclic) bond motifs is 1. The fourth-order valence-electron chi connectivity index (χ4n) is 2.63. The Bertz CT molecular complexity index is 779. The van der Waals surface area contributed by atoms with E-state index < -0.39 is 4.92 Å². The van der Waals surface area contributed by atoms with Crippen molar-refractivity contribution in [3.05, 3.63) is 58.1 Å². The van der Waals surface area contributed by atoms with Crippen LogP contribution in [0.25, 0.3) is 0 Å². The summed E-state index contributed by atoms with van der Waals surface area (Å²) in [5.74, 6) is 0.383. The maximum absolute atomic E-state index is 10.8. The van der Waals surface area contributed by atoms with Gasteiger partial charge in [-0.3, -0.25) is 10.1 Å². The number of nitro benzene ring substituents is 1. The Morgan fingerprint density at radius 1 is 1.35 bits per heavy atom. The number of non-ortho nitro benzene ring substituents is 1. The summed E-state index contributed by atoms with van der Waals surface area (Å²) < 4.78 is 5.22. The number of benzene rings is 2. The second kappa shape index (κ2) is 6.21. The first-order valence-corrected chi connectivity index (χ1v) is 7.50. The van der Waals surface area contributed by atoms with Gasteiger partial charge in [-0.15, -0.1) is 0 Å². The van der Waals surface area contributed by atoms with Gasteiger partial charge in [-0.05, 0) is 36.3 Å². The molecule has 3 rings (SSSR count). The average molecular weight is 329 g/mol. The predicted octanol–water partition coefficient (Wildman–Crippen LogP) is 3.36. The third kappa shape index (κ3) is 2.95. The zero-order valence-corrected chi connectivity index (χ0v) is 13.3. The standard InChI is InChI=1S/C16H15N3O3S/c1-22-15-10-12(19(20)21)6-7-13(15)17-16(23)18-9-8-11-4-2-3-5-14(11)18/h2-7,10H,8-9H2,1H3,(H,17,23). The highest BCUT2D eigenvalue weighted by Gasteiger charge is 2.22. The molecule has 7 heteroatoms. The van der Waals surface area contributed by atoms with Crippen LogP contribution < -0.4 is 15.0 Å². The molecule has 1 aliphatic rings. The van der Waals surface area contributed by atoms with Crippen LogP contribution in [0.1, 0.15) is 5.56 Å². The molecule has 0 aromatic heterocycles. The predicted molar refractivity (Wildman–Crippen MR) is 93.4 cm³/mol. The van der Waals surface area contributed by atoms with Gasteiger partial charge in [0.05, 0.1) is 23.8 Å². The topological polar surface area (TPSA) is 67.6 Å². The number of ether oxygens (including phenoxy) is 1. The van der Waals surface area contributed by atoms with Crippen LogP contribution in [0.15, 0.2) is 42.5 Å². The van der Waals surface area contributed by atoms with E-state index in [9.17, 15) is 10.1 Å². The highest BCUT2D eigenvalue weighted by atomic mass is 32.1. The Hall–Kier alpha value is -2.67. The molecule has 0 fully saturated rings. The minimum absolute atomic E-state index is 0.0233. The number of anilines is 2. The number of thiocarbonyl (C=S) groups is 1. The van der Waals surface area contributed by atoms with Gasteiger partial charge in [0.2, 0.25) is 0 Å². The number of rotatable bonds is 3. The number of hydrogen-bond acceptors (Lipinski definition) is 4. The van der Waals surface area contributed by atoms with Gasteiger partial charge in [-0.2, -0.15) is 0 Å². The molecule has 0 saturated carbocycles. The fraction of sp³-hybridized carbons (Fsp3) is 0.188. The lowest BCUT2D eigenvalue weighted by Gasteiger charge is -2.22. The van der Waals surface area contributed by atoms with E-state index in [4.69, 9.17) is 17.0 Å². The van der Waals surface area contributed by atoms with Crippen LogP contribution in [0.3, 0.4) is 0 Å². The summed E-state index contributed by atoms with van der Waals surface area (Å²) in [4.78, 5) is 12.4. The molecule has 0 atom stereocenters. The maximum Gasteiger partial charge on any atom is 0.273 e. The molecular weight excluding hydrogens is 314 g/mol. The van der Waals surface area contributed by atoms with Crippen molar-refractivity contribution in [2.45, 2.75) is 6.42 Å². The first-order chi connectivity index (χ1) is 11.1. The molecule has 0 bridgehead atoms. The second-order valence-corrected chi connectivity index (χ2v) is 5.49. The summed E-state index contributed by atoms with van der Waals surface area (Å²) >= 11 is 5.49. The number of nitro groups is 1. The van der Waals surface area contributed by atoms with Gasteiger partial charge in [0, 0.05) is 18.3 Å². The highest BCUT2D eigenvalue weighted by molar-refractivity contribution is 7.80. The number of nitrogens with one attached hydrogen (secondary N) is 1. The Morgan fingerprint density at radius 3 is 2.87 bits per heavy atom. The first kappa shape index (κ1) is 15.2. The SMILES string of the molecule is COc1cc([N+](=O)[O-])ccc1NC(=S)N1CCc2ccccc21. The van der Waals surface area contributed by atoms with E-state index in [1.165, 1.54) is 24.8 Å². The number of nitrogens with zero attached hydrogens (tertiary/aromatic N) is 2. The largest absolute Gasteiger partial charge is 0.494 e. The quantitative estimate of drug-likeness (QED) is 0.529. The molecule has 23 heavy (non-hydrogen) atoms. The van der Waals surface area contributed by atoms with Crippen LogP contribution in [-0.4, -0.2) is 23.7 Å². The second-order valence-electron chi connectivity index (χ2n) is 5.10. The van der Waals surface area contributed by atoms with Gasteiger partial charge in [0.25, 0.3) is 5.69 Å². The van der Waals surface area contributed by atoms with E-state index >= 15 is 0 Å². The summed E-state index contributed by atoms with van der Waals surface area (Å²) in [7, 11) is 1.47. The number of para-hydroxylation sites is 1. The molecule has 118 valence electrons. The van der Waals surface area contributed by atoms with Crippen molar-refractivity contribution in [1.82, 2.24) is 0 Å². The van der Waals surface area contributed by atoms with Crippen LogP contribution in [0.4, 0.5) is 17.1 Å². The molecule has 0 saturated heterocycles. The van der Waals surface area contributed by atoms with Crippen LogP contribution >= 0.6 is 12.2 Å². The van der Waals surface area contributed by atoms with E-state index in [1.54, 1.807) is 6.07 Å². The van der Waals surface area contributed by atoms with Crippen LogP contribution in [0.2, 0.25) is 0 Å². The number of hydrogen-bond donors (Lipinski definition) is 1. The zero-order valence-electron chi connectivity index (χ0n) is 12.5. The molecule has 1 heterocycles. The molecule has 0 unspecified atom stereocenters. The van der Waals surface area contributed by atoms with Crippen molar-refractivity contribution in [1.29, 1.82) is 0 Å². The van der Waals surface area contributed by atoms with Crippen molar-refractivity contribution in [3.8, 4) is 5.75 Å². The summed E-state index contributed by atoms with van der Waals surface area (Å²) in [6.07, 6.45) is 0.940. The minimum atomic E-state index is -0.457. The van der Waals surface area contributed by atoms with Gasteiger partial charge < -0.3 is 15.0 Å². The average Bonchev–Trinajstić information content (AvgIpc) is 2.99. The Labute approximate surface area is 138 Å². The molecule has 6 nitrogen and oxygen atoms in total. The van der Waals surface area contributed by atoms with Crippen LogP contribution in [-0.2, 0) is 6.42 Å². The Morgan fingerprint density at radius 2 is 2.13 bits per heavy atom. The van der Waals surface area contributed by atoms with Gasteiger partial charge in [0.15, 0.2) is 5.11 Å². The third-order valence-corrected chi connectivity index (χ3v) is 4.09. The zero-order chi connectivity index (χ0) is 16.4. The maximum atomic E-state index is 10.8. The van der Waals surface area contributed by atoms with E-state index in [1.807, 2.05) is 23.1 Å². The lowest BCUT2D eigenvalue weighted by molar-refractivity contribution is -0.384. The van der Waals surface area contributed by atoms with Gasteiger partial charge in [-0.1, -0.05) is 18.2 Å². The molecule has 1 N–H and O–H groups in total. The normalized spacial score (nSPS) is 12.7. The van der Waals surface area contributed by atoms with Crippen molar-refractivity contribution in [2.24, 2.45) is 0 Å². The smallest absolute Gasteiger partial charge is 0.273 e. The molecule has 2 aromatic rings. The van der Waals surface area contributed by atoms with Gasteiger partial charge in [0.1, 0.15) is 5.75 Å². The Kier molecular flexibility index (Phi) is 4.12. The van der Waals surface area contributed by atoms with Crippen LogP contribution in [0.5, 0.6) is 5.75 Å². The fourth-order valence-corrected chi connectivity index (χ4v) is 2.93. The molecule has 0 aliphatic carbocycles. The summed E-state index contributed by atoms with van der Waals surface area (Å²) in [6, 6.07) is 12.5. The first-order valence-electron chi connectivity index (χ1n) is 7.09. The third-order valence-electron chi connectivity index (χ3n) is 3.77. The van der Waals surface area contributed by atoms with E-state index in [2.05, 4.69) is 11.4 Å². The van der Waals surface area contributed by atoms with Crippen molar-refractivity contribution in [2.75, 3.05) is 23.9 Å². The lowest BCUT2D eigenvalue weighted by atomic mass is 10.2. The lowest BCUT2D eigenvalue weighted by Crippen LogP contribution is -2.33. The molecule has 0 spiro atoms. The molecule has 2 aromatic carbocycles. The summed E-state index contributed by atoms with van der Waals surface area (Å²) in [5, 5.41) is 14.5. The van der Waals surface area contributed by atoms with Crippen LogP contribution in [0, 0.1) is 10.1 Å². The van der Waals surface area contributed by atoms with Gasteiger partial charge >= 0.3 is 0 Å². The molecule has 1 aliphatic heterocycles. The van der Waals surface area contributed by atoms with Crippen molar-refractivity contribution < 1.29 is 9.66 Å². The molecule has 0 amide bonds. The molecular formula is C16H15N3O3S. The summed E-state index contributed by atoms with van der Waals surface area (Å²) in [5.41, 5.74) is 2.93. The van der Waals surface area contributed by atoms with Crippen molar-refractivity contribution in [3.63, 3.8) is 0 Å². The van der Waals surface area contributed by atoms with E-state index in [0.717, 1.165) is 18.7 Å².